The predicted molar refractivity (Wildman–Crippen MR) is 57.9 cm³/mol. The SMILES string of the molecule is CCOCOc1ccc(O)cc1I. The third-order valence-electron chi connectivity index (χ3n) is 1.42. The Bertz CT molecular complexity index is 276. The van der Waals surface area contributed by atoms with E-state index in [0.29, 0.717) is 6.61 Å². The fraction of sp³-hybridized carbons (Fsp3) is 0.333. The van der Waals surface area contributed by atoms with Gasteiger partial charge in [0, 0.05) is 6.61 Å². The summed E-state index contributed by atoms with van der Waals surface area (Å²) in [4.78, 5) is 0. The average Bonchev–Trinajstić information content (AvgIpc) is 2.09. The second-order valence-electron chi connectivity index (χ2n) is 2.37. The number of phenols is 1. The Morgan fingerprint density at radius 3 is 2.85 bits per heavy atom. The monoisotopic (exact) mass is 294 g/mol. The van der Waals surface area contributed by atoms with Crippen molar-refractivity contribution in [2.75, 3.05) is 13.4 Å². The van der Waals surface area contributed by atoms with E-state index >= 15 is 0 Å². The van der Waals surface area contributed by atoms with Gasteiger partial charge in [-0.25, -0.2) is 0 Å². The van der Waals surface area contributed by atoms with E-state index < -0.39 is 0 Å². The third-order valence-corrected chi connectivity index (χ3v) is 2.26. The fourth-order valence-corrected chi connectivity index (χ4v) is 1.45. The van der Waals surface area contributed by atoms with Gasteiger partial charge in [0.25, 0.3) is 0 Å². The Balaban J connectivity index is 2.56. The smallest absolute Gasteiger partial charge is 0.189 e. The highest BCUT2D eigenvalue weighted by Gasteiger charge is 2.00. The van der Waals surface area contributed by atoms with E-state index in [2.05, 4.69) is 22.6 Å². The van der Waals surface area contributed by atoms with Gasteiger partial charge in [-0.2, -0.15) is 0 Å². The summed E-state index contributed by atoms with van der Waals surface area (Å²) in [5.41, 5.74) is 0. The van der Waals surface area contributed by atoms with Crippen molar-refractivity contribution in [1.82, 2.24) is 0 Å². The first-order valence-corrected chi connectivity index (χ1v) is 5.01. The van der Waals surface area contributed by atoms with Crippen LogP contribution in [0.15, 0.2) is 18.2 Å². The first kappa shape index (κ1) is 10.6. The molecule has 1 N–H and O–H groups in total. The minimum absolute atomic E-state index is 0.244. The summed E-state index contributed by atoms with van der Waals surface area (Å²) in [5, 5.41) is 9.12. The minimum Gasteiger partial charge on any atom is -0.508 e. The number of rotatable bonds is 4. The average molecular weight is 294 g/mol. The molecular weight excluding hydrogens is 283 g/mol. The summed E-state index contributed by atoms with van der Waals surface area (Å²) in [7, 11) is 0. The molecule has 0 saturated carbocycles. The summed E-state index contributed by atoms with van der Waals surface area (Å²) in [6, 6.07) is 4.95. The van der Waals surface area contributed by atoms with E-state index in [9.17, 15) is 0 Å². The first-order chi connectivity index (χ1) is 6.24. The van der Waals surface area contributed by atoms with Gasteiger partial charge in [-0.3, -0.25) is 0 Å². The van der Waals surface area contributed by atoms with Crippen molar-refractivity contribution in [1.29, 1.82) is 0 Å². The van der Waals surface area contributed by atoms with Crippen LogP contribution < -0.4 is 4.74 Å². The molecule has 0 fully saturated rings. The molecule has 0 unspecified atom stereocenters. The molecule has 1 aromatic carbocycles. The van der Waals surface area contributed by atoms with E-state index in [1.165, 1.54) is 0 Å². The number of phenolic OH excluding ortho intramolecular Hbond substituents is 1. The molecule has 0 spiro atoms. The zero-order chi connectivity index (χ0) is 9.68. The van der Waals surface area contributed by atoms with Crippen LogP contribution >= 0.6 is 22.6 Å². The predicted octanol–water partition coefficient (Wildman–Crippen LogP) is 2.37. The van der Waals surface area contributed by atoms with Gasteiger partial charge in [0.2, 0.25) is 0 Å². The first-order valence-electron chi connectivity index (χ1n) is 3.93. The molecule has 0 aliphatic carbocycles. The third kappa shape index (κ3) is 3.40. The van der Waals surface area contributed by atoms with Crippen molar-refractivity contribution in [3.05, 3.63) is 21.8 Å². The largest absolute Gasteiger partial charge is 0.508 e. The normalized spacial score (nSPS) is 10.0. The molecule has 4 heteroatoms. The fourth-order valence-electron chi connectivity index (χ4n) is 0.795. The van der Waals surface area contributed by atoms with Gasteiger partial charge in [-0.15, -0.1) is 0 Å². The van der Waals surface area contributed by atoms with Gasteiger partial charge in [0.1, 0.15) is 11.5 Å². The molecular formula is C9H11IO3. The van der Waals surface area contributed by atoms with Crippen molar-refractivity contribution < 1.29 is 14.6 Å². The highest BCUT2D eigenvalue weighted by molar-refractivity contribution is 14.1. The van der Waals surface area contributed by atoms with Gasteiger partial charge < -0.3 is 14.6 Å². The maximum Gasteiger partial charge on any atom is 0.189 e. The second kappa shape index (κ2) is 5.29. The molecule has 0 radical (unpaired) electrons. The zero-order valence-electron chi connectivity index (χ0n) is 7.29. The molecule has 0 atom stereocenters. The number of halogens is 1. The number of hydrogen-bond acceptors (Lipinski definition) is 3. The van der Waals surface area contributed by atoms with Crippen molar-refractivity contribution in [3.8, 4) is 11.5 Å². The van der Waals surface area contributed by atoms with Gasteiger partial charge in [-0.1, -0.05) is 0 Å². The van der Waals surface area contributed by atoms with Crippen LogP contribution in [0.2, 0.25) is 0 Å². The molecule has 0 heterocycles. The number of benzene rings is 1. The highest BCUT2D eigenvalue weighted by Crippen LogP contribution is 2.24. The van der Waals surface area contributed by atoms with Crippen molar-refractivity contribution >= 4 is 22.6 Å². The van der Waals surface area contributed by atoms with Crippen LogP contribution in [0, 0.1) is 3.57 Å². The van der Waals surface area contributed by atoms with Crippen molar-refractivity contribution in [2.45, 2.75) is 6.92 Å². The van der Waals surface area contributed by atoms with E-state index in [1.54, 1.807) is 18.2 Å². The Kier molecular flexibility index (Phi) is 4.31. The maximum atomic E-state index is 9.12. The Labute approximate surface area is 90.8 Å². The molecule has 1 aromatic rings. The van der Waals surface area contributed by atoms with E-state index in [4.69, 9.17) is 14.6 Å². The summed E-state index contributed by atoms with van der Waals surface area (Å²) >= 11 is 2.10. The van der Waals surface area contributed by atoms with Crippen LogP contribution in [-0.2, 0) is 4.74 Å². The van der Waals surface area contributed by atoms with Crippen LogP contribution in [0.4, 0.5) is 0 Å². The lowest BCUT2D eigenvalue weighted by atomic mass is 10.3. The van der Waals surface area contributed by atoms with Crippen LogP contribution in [-0.4, -0.2) is 18.5 Å². The quantitative estimate of drug-likeness (QED) is 0.526. The number of ether oxygens (including phenoxy) is 2. The molecule has 3 nitrogen and oxygen atoms in total. The topological polar surface area (TPSA) is 38.7 Å². The molecule has 13 heavy (non-hydrogen) atoms. The number of aromatic hydroxyl groups is 1. The van der Waals surface area contributed by atoms with Gasteiger partial charge in [0.05, 0.1) is 3.57 Å². The van der Waals surface area contributed by atoms with E-state index in [1.807, 2.05) is 6.92 Å². The lowest BCUT2D eigenvalue weighted by Crippen LogP contribution is -2.02. The Morgan fingerprint density at radius 2 is 2.23 bits per heavy atom. The summed E-state index contributed by atoms with van der Waals surface area (Å²) in [5.74, 6) is 0.972. The zero-order valence-corrected chi connectivity index (χ0v) is 9.45. The Morgan fingerprint density at radius 1 is 1.46 bits per heavy atom. The van der Waals surface area contributed by atoms with E-state index in [-0.39, 0.29) is 12.5 Å². The lowest BCUT2D eigenvalue weighted by Gasteiger charge is -2.07. The van der Waals surface area contributed by atoms with Gasteiger partial charge >= 0.3 is 0 Å². The van der Waals surface area contributed by atoms with Crippen LogP contribution in [0.3, 0.4) is 0 Å². The lowest BCUT2D eigenvalue weighted by molar-refractivity contribution is 0.0218. The molecule has 0 amide bonds. The summed E-state index contributed by atoms with van der Waals surface area (Å²) in [6.07, 6.45) is 0. The highest BCUT2D eigenvalue weighted by atomic mass is 127. The second-order valence-corrected chi connectivity index (χ2v) is 3.53. The maximum absolute atomic E-state index is 9.12. The van der Waals surface area contributed by atoms with Crippen LogP contribution in [0.5, 0.6) is 11.5 Å². The van der Waals surface area contributed by atoms with Crippen LogP contribution in [0.25, 0.3) is 0 Å². The van der Waals surface area contributed by atoms with Crippen molar-refractivity contribution in [2.24, 2.45) is 0 Å². The minimum atomic E-state index is 0.244. The summed E-state index contributed by atoms with van der Waals surface area (Å²) in [6.45, 7) is 2.79. The standard InChI is InChI=1S/C9H11IO3/c1-2-12-6-13-9-4-3-7(11)5-8(9)10/h3-5,11H,2,6H2,1H3. The van der Waals surface area contributed by atoms with Gasteiger partial charge in [-0.05, 0) is 47.7 Å². The number of hydrogen-bond donors (Lipinski definition) is 1. The Hall–Kier alpha value is -0.490. The molecule has 0 saturated heterocycles. The van der Waals surface area contributed by atoms with E-state index in [0.717, 1.165) is 9.32 Å². The molecule has 72 valence electrons. The van der Waals surface area contributed by atoms with Crippen molar-refractivity contribution in [3.63, 3.8) is 0 Å². The van der Waals surface area contributed by atoms with Crippen LogP contribution in [0.1, 0.15) is 6.92 Å². The molecule has 0 aliphatic rings. The summed E-state index contributed by atoms with van der Waals surface area (Å²) < 4.78 is 11.2. The molecule has 0 bridgehead atoms. The molecule has 0 aliphatic heterocycles. The molecule has 1 rings (SSSR count). The molecule has 0 aromatic heterocycles. The van der Waals surface area contributed by atoms with Gasteiger partial charge in [0.15, 0.2) is 6.79 Å².